The first kappa shape index (κ1) is 20.4. The minimum absolute atomic E-state index is 0. The number of benzene rings is 1. The maximum absolute atomic E-state index is 5.95. The van der Waals surface area contributed by atoms with E-state index in [-0.39, 0.29) is 24.0 Å². The Morgan fingerprint density at radius 2 is 1.77 bits per heavy atom. The molecule has 2 heterocycles. The van der Waals surface area contributed by atoms with Crippen molar-refractivity contribution in [3.05, 3.63) is 48.3 Å². The zero-order chi connectivity index (χ0) is 17.5. The van der Waals surface area contributed by atoms with Gasteiger partial charge in [0, 0.05) is 50.8 Å². The van der Waals surface area contributed by atoms with Gasteiger partial charge in [0.1, 0.15) is 0 Å². The maximum Gasteiger partial charge on any atom is 0.225 e. The minimum Gasteiger partial charge on any atom is -0.370 e. The topological polar surface area (TPSA) is 82.7 Å². The monoisotopic (exact) mass is 467 g/mol. The van der Waals surface area contributed by atoms with Crippen LogP contribution >= 0.6 is 24.0 Å². The highest BCUT2D eigenvalue weighted by molar-refractivity contribution is 14.0. The number of guanidine groups is 1. The molecule has 1 aliphatic rings. The Morgan fingerprint density at radius 3 is 2.42 bits per heavy atom. The highest BCUT2D eigenvalue weighted by Crippen LogP contribution is 2.10. The Kier molecular flexibility index (Phi) is 8.05. The SMILES string of the molecule is Cc1ccc(NC(N)=NCCN2CCN(c3ncccn3)CC2)cc1.I. The average molecular weight is 467 g/mol. The van der Waals surface area contributed by atoms with Gasteiger partial charge in [0.2, 0.25) is 5.95 Å². The minimum atomic E-state index is 0. The molecule has 0 aliphatic carbocycles. The molecule has 1 saturated heterocycles. The predicted octanol–water partition coefficient (Wildman–Crippen LogP) is 1.95. The molecule has 0 amide bonds. The highest BCUT2D eigenvalue weighted by Gasteiger charge is 2.18. The van der Waals surface area contributed by atoms with E-state index < -0.39 is 0 Å². The molecule has 1 aromatic heterocycles. The normalized spacial score (nSPS) is 15.4. The van der Waals surface area contributed by atoms with Crippen LogP contribution in [0.1, 0.15) is 5.56 Å². The van der Waals surface area contributed by atoms with Crippen molar-refractivity contribution in [2.75, 3.05) is 49.5 Å². The quantitative estimate of drug-likeness (QED) is 0.398. The molecule has 0 bridgehead atoms. The van der Waals surface area contributed by atoms with Crippen molar-refractivity contribution in [1.29, 1.82) is 0 Å². The van der Waals surface area contributed by atoms with Gasteiger partial charge in [-0.2, -0.15) is 0 Å². The Bertz CT molecular complexity index is 682. The van der Waals surface area contributed by atoms with Crippen LogP contribution in [0, 0.1) is 6.92 Å². The van der Waals surface area contributed by atoms with Crippen LogP contribution in [0.3, 0.4) is 0 Å². The molecule has 3 N–H and O–H groups in total. The number of rotatable bonds is 5. The van der Waals surface area contributed by atoms with Gasteiger partial charge in [-0.1, -0.05) is 17.7 Å². The lowest BCUT2D eigenvalue weighted by molar-refractivity contribution is 0.264. The van der Waals surface area contributed by atoms with Gasteiger partial charge >= 0.3 is 0 Å². The molecule has 1 aliphatic heterocycles. The van der Waals surface area contributed by atoms with Gasteiger partial charge < -0.3 is 16.0 Å². The second-order valence-corrected chi connectivity index (χ2v) is 6.14. The van der Waals surface area contributed by atoms with E-state index >= 15 is 0 Å². The van der Waals surface area contributed by atoms with Gasteiger partial charge in [-0.05, 0) is 25.1 Å². The van der Waals surface area contributed by atoms with Gasteiger partial charge in [-0.15, -0.1) is 24.0 Å². The Morgan fingerprint density at radius 1 is 1.12 bits per heavy atom. The molecule has 26 heavy (non-hydrogen) atoms. The van der Waals surface area contributed by atoms with Crippen LogP contribution in [0.2, 0.25) is 0 Å². The Balaban J connectivity index is 0.00000243. The van der Waals surface area contributed by atoms with E-state index in [0.717, 1.165) is 44.4 Å². The van der Waals surface area contributed by atoms with E-state index in [9.17, 15) is 0 Å². The number of halogens is 1. The molecule has 2 aromatic rings. The molecule has 3 rings (SSSR count). The van der Waals surface area contributed by atoms with E-state index in [1.54, 1.807) is 12.4 Å². The predicted molar refractivity (Wildman–Crippen MR) is 117 cm³/mol. The summed E-state index contributed by atoms with van der Waals surface area (Å²) in [7, 11) is 0. The van der Waals surface area contributed by atoms with Crippen molar-refractivity contribution >= 4 is 41.6 Å². The first-order valence-electron chi connectivity index (χ1n) is 8.58. The summed E-state index contributed by atoms with van der Waals surface area (Å²) in [4.78, 5) is 17.6. The van der Waals surface area contributed by atoms with Crippen LogP contribution in [0.4, 0.5) is 11.6 Å². The molecular weight excluding hydrogens is 441 g/mol. The van der Waals surface area contributed by atoms with Crippen LogP contribution in [0.15, 0.2) is 47.7 Å². The van der Waals surface area contributed by atoms with E-state index in [1.165, 1.54) is 5.56 Å². The van der Waals surface area contributed by atoms with Crippen LogP contribution in [-0.2, 0) is 0 Å². The fourth-order valence-electron chi connectivity index (χ4n) is 2.76. The molecule has 8 heteroatoms. The number of nitrogens with zero attached hydrogens (tertiary/aromatic N) is 5. The number of aryl methyl sites for hydroxylation is 1. The molecule has 0 radical (unpaired) electrons. The molecule has 0 unspecified atom stereocenters. The summed E-state index contributed by atoms with van der Waals surface area (Å²) in [5, 5.41) is 3.12. The van der Waals surface area contributed by atoms with Gasteiger partial charge in [-0.25, -0.2) is 9.97 Å². The first-order valence-corrected chi connectivity index (χ1v) is 8.58. The van der Waals surface area contributed by atoms with E-state index in [2.05, 4.69) is 37.0 Å². The van der Waals surface area contributed by atoms with Crippen molar-refractivity contribution in [1.82, 2.24) is 14.9 Å². The third-order valence-electron chi connectivity index (χ3n) is 4.23. The van der Waals surface area contributed by atoms with Gasteiger partial charge in [0.15, 0.2) is 5.96 Å². The van der Waals surface area contributed by atoms with Gasteiger partial charge in [-0.3, -0.25) is 9.89 Å². The van der Waals surface area contributed by atoms with E-state index in [1.807, 2.05) is 30.3 Å². The molecule has 0 spiro atoms. The molecule has 0 atom stereocenters. The van der Waals surface area contributed by atoms with Crippen LogP contribution in [0.25, 0.3) is 0 Å². The Labute approximate surface area is 171 Å². The standard InChI is InChI=1S/C18H25N7.HI/c1-15-3-5-16(6-4-15)23-17(19)20-9-10-24-11-13-25(14-12-24)18-21-7-2-8-22-18;/h2-8H,9-14H2,1H3,(H3,19,20,23);1H. The fourth-order valence-corrected chi connectivity index (χ4v) is 2.76. The van der Waals surface area contributed by atoms with Crippen molar-refractivity contribution in [2.45, 2.75) is 6.92 Å². The Hall–Kier alpha value is -1.94. The number of nitrogens with two attached hydrogens (primary N) is 1. The highest BCUT2D eigenvalue weighted by atomic mass is 127. The second kappa shape index (κ2) is 10.3. The molecule has 1 fully saturated rings. The summed E-state index contributed by atoms with van der Waals surface area (Å²) in [5.41, 5.74) is 8.14. The number of nitrogens with one attached hydrogen (secondary N) is 1. The number of piperazine rings is 1. The molecule has 7 nitrogen and oxygen atoms in total. The number of hydrogen-bond donors (Lipinski definition) is 2. The maximum atomic E-state index is 5.95. The number of aromatic nitrogens is 2. The third-order valence-corrected chi connectivity index (χ3v) is 4.23. The summed E-state index contributed by atoms with van der Waals surface area (Å²) < 4.78 is 0. The smallest absolute Gasteiger partial charge is 0.225 e. The first-order chi connectivity index (χ1) is 12.2. The number of aliphatic imine (C=N–C) groups is 1. The van der Waals surface area contributed by atoms with E-state index in [4.69, 9.17) is 5.73 Å². The van der Waals surface area contributed by atoms with E-state index in [0.29, 0.717) is 12.5 Å². The summed E-state index contributed by atoms with van der Waals surface area (Å²) >= 11 is 0. The zero-order valence-electron chi connectivity index (χ0n) is 15.0. The average Bonchev–Trinajstić information content (AvgIpc) is 2.65. The lowest BCUT2D eigenvalue weighted by Crippen LogP contribution is -2.47. The second-order valence-electron chi connectivity index (χ2n) is 6.14. The van der Waals surface area contributed by atoms with Crippen LogP contribution in [-0.4, -0.2) is 60.1 Å². The van der Waals surface area contributed by atoms with Crippen molar-refractivity contribution in [3.8, 4) is 0 Å². The van der Waals surface area contributed by atoms with Gasteiger partial charge in [0.05, 0.1) is 6.54 Å². The summed E-state index contributed by atoms with van der Waals surface area (Å²) in [6.07, 6.45) is 3.57. The zero-order valence-corrected chi connectivity index (χ0v) is 17.3. The molecule has 1 aromatic carbocycles. The number of anilines is 2. The van der Waals surface area contributed by atoms with Crippen molar-refractivity contribution < 1.29 is 0 Å². The van der Waals surface area contributed by atoms with Crippen LogP contribution < -0.4 is 16.0 Å². The fraction of sp³-hybridized carbons (Fsp3) is 0.389. The molecule has 140 valence electrons. The van der Waals surface area contributed by atoms with Crippen LogP contribution in [0.5, 0.6) is 0 Å². The summed E-state index contributed by atoms with van der Waals surface area (Å²) in [5.74, 6) is 1.27. The summed E-state index contributed by atoms with van der Waals surface area (Å²) in [6.45, 7) is 7.49. The molecular formula is C18H26IN7. The van der Waals surface area contributed by atoms with Crippen molar-refractivity contribution in [3.63, 3.8) is 0 Å². The van der Waals surface area contributed by atoms with Gasteiger partial charge in [0.25, 0.3) is 0 Å². The third kappa shape index (κ3) is 6.10. The van der Waals surface area contributed by atoms with Crippen molar-refractivity contribution in [2.24, 2.45) is 10.7 Å². The molecule has 0 saturated carbocycles. The summed E-state index contributed by atoms with van der Waals surface area (Å²) in [6, 6.07) is 9.94. The lowest BCUT2D eigenvalue weighted by Gasteiger charge is -2.34. The largest absolute Gasteiger partial charge is 0.370 e. The lowest BCUT2D eigenvalue weighted by atomic mass is 10.2. The number of hydrogen-bond acceptors (Lipinski definition) is 5.